The van der Waals surface area contributed by atoms with Gasteiger partial charge in [-0.05, 0) is 34.1 Å². The Kier molecular flexibility index (Phi) is 3.40. The van der Waals surface area contributed by atoms with Gasteiger partial charge < -0.3 is 9.84 Å². The zero-order valence-corrected chi connectivity index (χ0v) is 11.1. The van der Waals surface area contributed by atoms with Gasteiger partial charge in [0.15, 0.2) is 0 Å². The van der Waals surface area contributed by atoms with E-state index in [0.717, 1.165) is 8.95 Å². The van der Waals surface area contributed by atoms with Crippen LogP contribution in [0.15, 0.2) is 44.1 Å². The van der Waals surface area contributed by atoms with Gasteiger partial charge in [0.1, 0.15) is 12.0 Å². The van der Waals surface area contributed by atoms with Crippen LogP contribution in [0.1, 0.15) is 10.4 Å². The standard InChI is InChI=1S/C10H6Br2N2O2/c11-6-1-2-9(12)8(3-6)10(15)14-7-4-13-16-5-7/h1-5H,(H,14,15). The molecule has 0 aliphatic carbocycles. The minimum absolute atomic E-state index is 0.226. The predicted octanol–water partition coefficient (Wildman–Crippen LogP) is 3.45. The summed E-state index contributed by atoms with van der Waals surface area (Å²) in [5.74, 6) is -0.226. The van der Waals surface area contributed by atoms with Gasteiger partial charge in [-0.15, -0.1) is 0 Å². The van der Waals surface area contributed by atoms with Crippen LogP contribution in [0.25, 0.3) is 0 Å². The first kappa shape index (κ1) is 11.3. The largest absolute Gasteiger partial charge is 0.363 e. The second-order valence-corrected chi connectivity index (χ2v) is 4.76. The average molecular weight is 346 g/mol. The molecule has 1 N–H and O–H groups in total. The number of anilines is 1. The summed E-state index contributed by atoms with van der Waals surface area (Å²) < 4.78 is 6.19. The van der Waals surface area contributed by atoms with E-state index in [2.05, 4.69) is 46.9 Å². The van der Waals surface area contributed by atoms with Crippen molar-refractivity contribution >= 4 is 43.5 Å². The molecule has 2 aromatic rings. The summed E-state index contributed by atoms with van der Waals surface area (Å²) in [4.78, 5) is 11.9. The molecule has 0 spiro atoms. The molecule has 4 nitrogen and oxygen atoms in total. The Morgan fingerprint density at radius 1 is 1.38 bits per heavy atom. The van der Waals surface area contributed by atoms with Crippen LogP contribution < -0.4 is 5.32 Å². The van der Waals surface area contributed by atoms with Gasteiger partial charge in [-0.2, -0.15) is 0 Å². The summed E-state index contributed by atoms with van der Waals surface area (Å²) in [6, 6.07) is 5.37. The van der Waals surface area contributed by atoms with Crippen LogP contribution in [-0.4, -0.2) is 11.1 Å². The van der Waals surface area contributed by atoms with E-state index in [1.54, 1.807) is 12.1 Å². The van der Waals surface area contributed by atoms with Gasteiger partial charge in [0.25, 0.3) is 5.91 Å². The number of benzene rings is 1. The molecule has 2 rings (SSSR count). The molecule has 0 fully saturated rings. The van der Waals surface area contributed by atoms with Crippen molar-refractivity contribution in [3.8, 4) is 0 Å². The molecule has 0 aliphatic heterocycles. The van der Waals surface area contributed by atoms with Gasteiger partial charge in [0.05, 0.1) is 11.8 Å². The summed E-state index contributed by atoms with van der Waals surface area (Å²) in [7, 11) is 0. The number of nitrogens with one attached hydrogen (secondary N) is 1. The van der Waals surface area contributed by atoms with Gasteiger partial charge in [-0.3, -0.25) is 4.79 Å². The number of carbonyl (C=O) groups is 1. The van der Waals surface area contributed by atoms with Crippen LogP contribution in [0.3, 0.4) is 0 Å². The van der Waals surface area contributed by atoms with Crippen LogP contribution in [0.4, 0.5) is 5.69 Å². The molecule has 0 saturated carbocycles. The highest BCUT2D eigenvalue weighted by Crippen LogP contribution is 2.22. The molecule has 16 heavy (non-hydrogen) atoms. The van der Waals surface area contributed by atoms with Crippen LogP contribution in [0, 0.1) is 0 Å². The van der Waals surface area contributed by atoms with Crippen molar-refractivity contribution in [3.05, 3.63) is 45.2 Å². The summed E-state index contributed by atoms with van der Waals surface area (Å²) in [5.41, 5.74) is 1.06. The molecule has 0 aliphatic rings. The quantitative estimate of drug-likeness (QED) is 0.906. The summed E-state index contributed by atoms with van der Waals surface area (Å²) >= 11 is 6.63. The molecule has 1 heterocycles. The van der Waals surface area contributed by atoms with Crippen LogP contribution in [0.2, 0.25) is 0 Å². The fraction of sp³-hybridized carbons (Fsp3) is 0. The molecular weight excluding hydrogens is 340 g/mol. The summed E-state index contributed by atoms with van der Waals surface area (Å²) in [5, 5.41) is 6.16. The Bertz CT molecular complexity index is 512. The number of halogens is 2. The van der Waals surface area contributed by atoms with Crippen LogP contribution in [0.5, 0.6) is 0 Å². The van der Waals surface area contributed by atoms with E-state index in [1.807, 2.05) is 6.07 Å². The number of carbonyl (C=O) groups excluding carboxylic acids is 1. The maximum atomic E-state index is 11.9. The first-order valence-corrected chi connectivity index (χ1v) is 5.91. The maximum Gasteiger partial charge on any atom is 0.256 e. The lowest BCUT2D eigenvalue weighted by Crippen LogP contribution is -2.11. The van der Waals surface area contributed by atoms with Crippen molar-refractivity contribution in [1.82, 2.24) is 5.16 Å². The van der Waals surface area contributed by atoms with E-state index in [1.165, 1.54) is 12.5 Å². The van der Waals surface area contributed by atoms with Gasteiger partial charge in [0, 0.05) is 8.95 Å². The molecule has 6 heteroatoms. The van der Waals surface area contributed by atoms with E-state index < -0.39 is 0 Å². The highest BCUT2D eigenvalue weighted by atomic mass is 79.9. The predicted molar refractivity (Wildman–Crippen MR) is 66.3 cm³/mol. The van der Waals surface area contributed by atoms with E-state index in [4.69, 9.17) is 0 Å². The molecule has 0 unspecified atom stereocenters. The van der Waals surface area contributed by atoms with Crippen molar-refractivity contribution in [2.24, 2.45) is 0 Å². The number of hydrogen-bond donors (Lipinski definition) is 1. The Morgan fingerprint density at radius 3 is 2.88 bits per heavy atom. The van der Waals surface area contributed by atoms with Gasteiger partial charge in [-0.1, -0.05) is 21.1 Å². The Hall–Kier alpha value is -1.14. The minimum Gasteiger partial charge on any atom is -0.363 e. The highest BCUT2D eigenvalue weighted by molar-refractivity contribution is 9.11. The van der Waals surface area contributed by atoms with Crippen molar-refractivity contribution in [3.63, 3.8) is 0 Å². The van der Waals surface area contributed by atoms with Gasteiger partial charge in [0.2, 0.25) is 0 Å². The monoisotopic (exact) mass is 344 g/mol. The third-order valence-corrected chi connectivity index (χ3v) is 3.05. The third-order valence-electron chi connectivity index (χ3n) is 1.86. The normalized spacial score (nSPS) is 10.1. The lowest BCUT2D eigenvalue weighted by atomic mass is 10.2. The lowest BCUT2D eigenvalue weighted by molar-refractivity contribution is 0.102. The minimum atomic E-state index is -0.226. The fourth-order valence-electron chi connectivity index (χ4n) is 1.14. The third kappa shape index (κ3) is 2.51. The smallest absolute Gasteiger partial charge is 0.256 e. The Morgan fingerprint density at radius 2 is 2.19 bits per heavy atom. The number of rotatable bonds is 2. The number of nitrogens with zero attached hydrogens (tertiary/aromatic N) is 1. The van der Waals surface area contributed by atoms with Crippen molar-refractivity contribution in [1.29, 1.82) is 0 Å². The van der Waals surface area contributed by atoms with Crippen molar-refractivity contribution < 1.29 is 9.32 Å². The van der Waals surface area contributed by atoms with Crippen molar-refractivity contribution in [2.75, 3.05) is 5.32 Å². The molecular formula is C10H6Br2N2O2. The van der Waals surface area contributed by atoms with E-state index >= 15 is 0 Å². The molecule has 1 aromatic heterocycles. The molecule has 0 bridgehead atoms. The van der Waals surface area contributed by atoms with Gasteiger partial charge >= 0.3 is 0 Å². The first-order valence-electron chi connectivity index (χ1n) is 4.32. The molecule has 0 saturated heterocycles. The zero-order chi connectivity index (χ0) is 11.5. The second kappa shape index (κ2) is 4.80. The molecule has 1 aromatic carbocycles. The number of hydrogen-bond acceptors (Lipinski definition) is 3. The van der Waals surface area contributed by atoms with E-state index in [-0.39, 0.29) is 5.91 Å². The van der Waals surface area contributed by atoms with E-state index in [9.17, 15) is 4.79 Å². The summed E-state index contributed by atoms with van der Waals surface area (Å²) in [6.45, 7) is 0. The highest BCUT2D eigenvalue weighted by Gasteiger charge is 2.11. The lowest BCUT2D eigenvalue weighted by Gasteiger charge is -2.04. The Balaban J connectivity index is 2.24. The maximum absolute atomic E-state index is 11.9. The van der Waals surface area contributed by atoms with E-state index in [0.29, 0.717) is 11.3 Å². The molecule has 82 valence electrons. The van der Waals surface area contributed by atoms with Gasteiger partial charge in [-0.25, -0.2) is 0 Å². The summed E-state index contributed by atoms with van der Waals surface area (Å²) in [6.07, 6.45) is 2.80. The SMILES string of the molecule is O=C(Nc1cnoc1)c1cc(Br)ccc1Br. The average Bonchev–Trinajstić information content (AvgIpc) is 2.74. The van der Waals surface area contributed by atoms with Crippen LogP contribution >= 0.6 is 31.9 Å². The zero-order valence-electron chi connectivity index (χ0n) is 7.91. The topological polar surface area (TPSA) is 55.1 Å². The second-order valence-electron chi connectivity index (χ2n) is 2.99. The molecule has 0 atom stereocenters. The first-order chi connectivity index (χ1) is 7.66. The van der Waals surface area contributed by atoms with Crippen LogP contribution in [-0.2, 0) is 0 Å². The Labute approximate surface area is 108 Å². The number of amides is 1. The number of aromatic nitrogens is 1. The molecule has 1 amide bonds. The fourth-order valence-corrected chi connectivity index (χ4v) is 1.92. The van der Waals surface area contributed by atoms with Crippen molar-refractivity contribution in [2.45, 2.75) is 0 Å². The molecule has 0 radical (unpaired) electrons.